The van der Waals surface area contributed by atoms with Crippen LogP contribution in [-0.2, 0) is 11.3 Å². The maximum absolute atomic E-state index is 13.4. The molecule has 1 fully saturated rings. The van der Waals surface area contributed by atoms with Crippen molar-refractivity contribution >= 4 is 51.7 Å². The van der Waals surface area contributed by atoms with Crippen molar-refractivity contribution in [3.8, 4) is 5.75 Å². The number of aromatic nitrogens is 2. The summed E-state index contributed by atoms with van der Waals surface area (Å²) in [7, 11) is 1.60. The van der Waals surface area contributed by atoms with Crippen LogP contribution in [0.3, 0.4) is 0 Å². The summed E-state index contributed by atoms with van der Waals surface area (Å²) in [5.74, 6) is 0.832. The number of carbonyl (C=O) groups excluding carboxylic acids is 1. The fourth-order valence-electron chi connectivity index (χ4n) is 3.49. The van der Waals surface area contributed by atoms with Gasteiger partial charge in [0.1, 0.15) is 21.5 Å². The van der Waals surface area contributed by atoms with Gasteiger partial charge in [-0.2, -0.15) is 0 Å². The second-order valence-electron chi connectivity index (χ2n) is 7.73. The van der Waals surface area contributed by atoms with Crippen molar-refractivity contribution in [2.45, 2.75) is 19.9 Å². The molecule has 0 atom stereocenters. The van der Waals surface area contributed by atoms with Crippen LogP contribution >= 0.6 is 24.0 Å². The molecule has 0 spiro atoms. The molecule has 34 heavy (non-hydrogen) atoms. The molecular weight excluding hydrogens is 472 g/mol. The Balaban J connectivity index is 1.69. The number of thioether (sulfide) groups is 1. The number of hydrogen-bond donors (Lipinski definition) is 2. The van der Waals surface area contributed by atoms with E-state index in [4.69, 9.17) is 22.1 Å². The van der Waals surface area contributed by atoms with Crippen molar-refractivity contribution in [1.82, 2.24) is 14.3 Å². The van der Waals surface area contributed by atoms with Crippen LogP contribution in [0, 0.1) is 6.92 Å². The predicted octanol–water partition coefficient (Wildman–Crippen LogP) is 3.21. The lowest BCUT2D eigenvalue weighted by Gasteiger charge is -2.14. The predicted molar refractivity (Wildman–Crippen MR) is 138 cm³/mol. The number of ether oxygens (including phenoxy) is 1. The highest BCUT2D eigenvalue weighted by molar-refractivity contribution is 8.26. The first-order chi connectivity index (χ1) is 16.4. The van der Waals surface area contributed by atoms with E-state index in [1.807, 2.05) is 37.3 Å². The van der Waals surface area contributed by atoms with E-state index in [0.29, 0.717) is 40.2 Å². The van der Waals surface area contributed by atoms with Crippen LogP contribution in [0.2, 0.25) is 0 Å². The van der Waals surface area contributed by atoms with Gasteiger partial charge in [-0.25, -0.2) is 4.98 Å². The van der Waals surface area contributed by atoms with Gasteiger partial charge in [-0.15, -0.1) is 0 Å². The number of methoxy groups -OCH3 is 1. The third-order valence-corrected chi connectivity index (χ3v) is 6.66. The minimum absolute atomic E-state index is 0.0120. The van der Waals surface area contributed by atoms with Crippen LogP contribution in [0.5, 0.6) is 5.75 Å². The fourth-order valence-corrected chi connectivity index (χ4v) is 4.73. The molecular formula is C24H24N4O4S2. The van der Waals surface area contributed by atoms with Gasteiger partial charge < -0.3 is 15.2 Å². The first-order valence-electron chi connectivity index (χ1n) is 10.7. The molecule has 1 aromatic carbocycles. The number of aryl methyl sites for hydroxylation is 1. The number of thiocarbonyl (C=S) groups is 1. The number of nitrogens with one attached hydrogen (secondary N) is 1. The van der Waals surface area contributed by atoms with Gasteiger partial charge in [0, 0.05) is 19.3 Å². The summed E-state index contributed by atoms with van der Waals surface area (Å²) in [6, 6.07) is 11.1. The number of benzene rings is 1. The molecule has 2 aromatic heterocycles. The van der Waals surface area contributed by atoms with Crippen molar-refractivity contribution in [1.29, 1.82) is 0 Å². The number of aliphatic hydroxyl groups is 1. The summed E-state index contributed by atoms with van der Waals surface area (Å²) >= 11 is 6.62. The third-order valence-electron chi connectivity index (χ3n) is 5.28. The zero-order valence-electron chi connectivity index (χ0n) is 18.8. The highest BCUT2D eigenvalue weighted by Crippen LogP contribution is 2.34. The Hall–Kier alpha value is -3.21. The molecule has 10 heteroatoms. The lowest BCUT2D eigenvalue weighted by atomic mass is 10.2. The smallest absolute Gasteiger partial charge is 0.267 e. The second-order valence-corrected chi connectivity index (χ2v) is 9.41. The molecule has 8 nitrogen and oxygen atoms in total. The summed E-state index contributed by atoms with van der Waals surface area (Å²) in [6.45, 7) is 2.66. The molecule has 0 bridgehead atoms. The largest absolute Gasteiger partial charge is 0.497 e. The van der Waals surface area contributed by atoms with Crippen LogP contribution < -0.4 is 15.6 Å². The summed E-state index contributed by atoms with van der Waals surface area (Å²) in [6.07, 6.45) is 3.77. The number of carbonyl (C=O) groups is 1. The fraction of sp³-hybridized carbons (Fsp3) is 0.250. The SMILES string of the molecule is COc1ccc(CN2C(=O)/C(=C/c3c(NCCCO)nc4ccc(C)cn4c3=O)SC2=S)cc1. The minimum atomic E-state index is -0.291. The number of aliphatic hydroxyl groups excluding tert-OH is 1. The van der Waals surface area contributed by atoms with Gasteiger partial charge in [0.15, 0.2) is 0 Å². The Morgan fingerprint density at radius 2 is 1.97 bits per heavy atom. The Morgan fingerprint density at radius 1 is 1.21 bits per heavy atom. The van der Waals surface area contributed by atoms with E-state index in [0.717, 1.165) is 28.6 Å². The molecule has 1 aliphatic heterocycles. The zero-order valence-corrected chi connectivity index (χ0v) is 20.4. The Kier molecular flexibility index (Phi) is 7.30. The molecule has 3 heterocycles. The Labute approximate surface area is 206 Å². The van der Waals surface area contributed by atoms with Crippen LogP contribution in [0.25, 0.3) is 11.7 Å². The summed E-state index contributed by atoms with van der Waals surface area (Å²) in [4.78, 5) is 33.0. The van der Waals surface area contributed by atoms with E-state index in [1.54, 1.807) is 25.4 Å². The number of amides is 1. The normalized spacial score (nSPS) is 14.9. The van der Waals surface area contributed by atoms with Gasteiger partial charge in [0.2, 0.25) is 0 Å². The molecule has 0 saturated carbocycles. The van der Waals surface area contributed by atoms with Crippen LogP contribution in [0.15, 0.2) is 52.3 Å². The highest BCUT2D eigenvalue weighted by Gasteiger charge is 2.32. The summed E-state index contributed by atoms with van der Waals surface area (Å²) in [5, 5.41) is 12.2. The molecule has 0 unspecified atom stereocenters. The van der Waals surface area contributed by atoms with Crippen molar-refractivity contribution in [3.63, 3.8) is 0 Å². The lowest BCUT2D eigenvalue weighted by molar-refractivity contribution is -0.122. The number of rotatable bonds is 8. The van der Waals surface area contributed by atoms with Gasteiger partial charge in [-0.1, -0.05) is 42.2 Å². The van der Waals surface area contributed by atoms with Gasteiger partial charge in [0.05, 0.1) is 24.1 Å². The molecule has 4 rings (SSSR count). The molecule has 1 aliphatic rings. The van der Waals surface area contributed by atoms with Gasteiger partial charge >= 0.3 is 0 Å². The monoisotopic (exact) mass is 496 g/mol. The average Bonchev–Trinajstić information content (AvgIpc) is 3.10. The van der Waals surface area contributed by atoms with Gasteiger partial charge in [0.25, 0.3) is 11.5 Å². The van der Waals surface area contributed by atoms with E-state index in [9.17, 15) is 9.59 Å². The first kappa shape index (κ1) is 23.9. The van der Waals surface area contributed by atoms with E-state index >= 15 is 0 Å². The molecule has 176 valence electrons. The van der Waals surface area contributed by atoms with Crippen LogP contribution in [-0.4, -0.2) is 49.9 Å². The van der Waals surface area contributed by atoms with E-state index < -0.39 is 0 Å². The number of anilines is 1. The number of pyridine rings is 1. The topological polar surface area (TPSA) is 96.2 Å². The maximum Gasteiger partial charge on any atom is 0.267 e. The number of fused-ring (bicyclic) bond motifs is 1. The van der Waals surface area contributed by atoms with Crippen molar-refractivity contribution in [2.75, 3.05) is 25.6 Å². The third kappa shape index (κ3) is 4.98. The van der Waals surface area contributed by atoms with Crippen LogP contribution in [0.4, 0.5) is 5.82 Å². The standard InChI is InChI=1S/C24H24N4O4S2/c1-15-4-9-20-26-21(25-10-3-11-29)18(22(30)27(20)13-15)12-19-23(31)28(24(33)34-19)14-16-5-7-17(32-2)8-6-16/h4-9,12-13,25,29H,3,10-11,14H2,1-2H3/b19-12-. The first-order valence-corrected chi connectivity index (χ1v) is 11.9. The van der Waals surface area contributed by atoms with Crippen molar-refractivity contribution < 1.29 is 14.6 Å². The van der Waals surface area contributed by atoms with Gasteiger partial charge in [-0.05, 0) is 48.7 Å². The molecule has 0 radical (unpaired) electrons. The minimum Gasteiger partial charge on any atom is -0.497 e. The summed E-state index contributed by atoms with van der Waals surface area (Å²) < 4.78 is 7.07. The quantitative estimate of drug-likeness (QED) is 0.279. The zero-order chi connectivity index (χ0) is 24.2. The van der Waals surface area contributed by atoms with E-state index in [-0.39, 0.29) is 23.6 Å². The molecule has 0 aliphatic carbocycles. The molecule has 2 N–H and O–H groups in total. The van der Waals surface area contributed by atoms with Crippen molar-refractivity contribution in [2.24, 2.45) is 0 Å². The van der Waals surface area contributed by atoms with E-state index in [2.05, 4.69) is 10.3 Å². The lowest BCUT2D eigenvalue weighted by Crippen LogP contribution is -2.27. The number of hydrogen-bond acceptors (Lipinski definition) is 8. The Bertz CT molecular complexity index is 1340. The molecule has 1 saturated heterocycles. The average molecular weight is 497 g/mol. The Morgan fingerprint density at radius 3 is 2.68 bits per heavy atom. The second kappa shape index (κ2) is 10.4. The molecule has 3 aromatic rings. The highest BCUT2D eigenvalue weighted by atomic mass is 32.2. The van der Waals surface area contributed by atoms with Gasteiger partial charge in [-0.3, -0.25) is 18.9 Å². The van der Waals surface area contributed by atoms with Crippen molar-refractivity contribution in [3.05, 3.63) is 74.5 Å². The molecule has 1 amide bonds. The summed E-state index contributed by atoms with van der Waals surface area (Å²) in [5.41, 5.74) is 2.29. The maximum atomic E-state index is 13.4. The van der Waals surface area contributed by atoms with E-state index in [1.165, 1.54) is 9.30 Å². The van der Waals surface area contributed by atoms with Crippen LogP contribution in [0.1, 0.15) is 23.1 Å². The number of nitrogens with zero attached hydrogens (tertiary/aromatic N) is 3.